The van der Waals surface area contributed by atoms with E-state index in [4.69, 9.17) is 4.74 Å². The number of carbonyl (C=O) groups is 1. The quantitative estimate of drug-likeness (QED) is 0.422. The van der Waals surface area contributed by atoms with Gasteiger partial charge in [-0.15, -0.1) is 0 Å². The smallest absolute Gasteiger partial charge is 0.410 e. The third-order valence-corrected chi connectivity index (χ3v) is 6.78. The zero-order valence-electron chi connectivity index (χ0n) is 16.5. The third-order valence-electron chi connectivity index (χ3n) is 5.11. The average molecular weight is 499 g/mol. The standard InChI is InChI=1S/C21H19BrN6O2S/c22-17-11-25-28-13-16(10-23-19(17)28)20-24-12-18(31-20)26-6-8-27(9-7-26)21(29)30-14-15-4-2-1-3-5-15/h1-5,10-13H,6-9,14H2. The highest BCUT2D eigenvalue weighted by molar-refractivity contribution is 9.10. The molecule has 0 aliphatic carbocycles. The molecule has 1 aliphatic heterocycles. The molecule has 158 valence electrons. The molecule has 8 nitrogen and oxygen atoms in total. The number of carbonyl (C=O) groups excluding carboxylic acids is 1. The Bertz CT molecular complexity index is 1200. The minimum Gasteiger partial charge on any atom is -0.445 e. The summed E-state index contributed by atoms with van der Waals surface area (Å²) < 4.78 is 8.04. The van der Waals surface area contributed by atoms with E-state index in [2.05, 4.69) is 35.9 Å². The van der Waals surface area contributed by atoms with Gasteiger partial charge in [-0.2, -0.15) is 5.10 Å². The van der Waals surface area contributed by atoms with Crippen molar-refractivity contribution in [3.8, 4) is 10.6 Å². The summed E-state index contributed by atoms with van der Waals surface area (Å²) >= 11 is 5.05. The van der Waals surface area contributed by atoms with E-state index in [1.807, 2.05) is 48.9 Å². The van der Waals surface area contributed by atoms with E-state index in [9.17, 15) is 4.79 Å². The fraction of sp³-hybridized carbons (Fsp3) is 0.238. The molecule has 4 aromatic rings. The van der Waals surface area contributed by atoms with Crippen molar-refractivity contribution in [3.05, 3.63) is 65.2 Å². The first-order valence-corrected chi connectivity index (χ1v) is 11.4. The molecule has 1 amide bonds. The summed E-state index contributed by atoms with van der Waals surface area (Å²) in [6, 6.07) is 9.72. The van der Waals surface area contributed by atoms with Gasteiger partial charge in [0, 0.05) is 44.1 Å². The summed E-state index contributed by atoms with van der Waals surface area (Å²) in [6.07, 6.45) is 7.08. The SMILES string of the molecule is O=C(OCc1ccccc1)N1CCN(c2cnc(-c3cnc4c(Br)cnn4c3)s2)CC1. The fourth-order valence-electron chi connectivity index (χ4n) is 3.42. The molecule has 0 unspecified atom stereocenters. The highest BCUT2D eigenvalue weighted by Gasteiger charge is 2.23. The van der Waals surface area contributed by atoms with Crippen LogP contribution in [0.5, 0.6) is 0 Å². The van der Waals surface area contributed by atoms with Crippen LogP contribution in [0.15, 0.2) is 59.6 Å². The van der Waals surface area contributed by atoms with Crippen LogP contribution in [0.1, 0.15) is 5.56 Å². The molecule has 1 saturated heterocycles. The van der Waals surface area contributed by atoms with Gasteiger partial charge in [0.1, 0.15) is 16.6 Å². The number of rotatable bonds is 4. The molecular weight excluding hydrogens is 480 g/mol. The van der Waals surface area contributed by atoms with Gasteiger partial charge in [0.15, 0.2) is 5.65 Å². The summed E-state index contributed by atoms with van der Waals surface area (Å²) in [4.78, 5) is 25.4. The maximum Gasteiger partial charge on any atom is 0.410 e. The summed E-state index contributed by atoms with van der Waals surface area (Å²) in [6.45, 7) is 3.02. The number of piperazine rings is 1. The van der Waals surface area contributed by atoms with E-state index in [0.717, 1.165) is 44.3 Å². The first-order valence-electron chi connectivity index (χ1n) is 9.83. The minimum absolute atomic E-state index is 0.266. The lowest BCUT2D eigenvalue weighted by Crippen LogP contribution is -2.48. The molecule has 1 fully saturated rings. The van der Waals surface area contributed by atoms with Crippen molar-refractivity contribution in [3.63, 3.8) is 0 Å². The van der Waals surface area contributed by atoms with Gasteiger partial charge in [-0.3, -0.25) is 0 Å². The number of anilines is 1. The van der Waals surface area contributed by atoms with E-state index >= 15 is 0 Å². The molecule has 31 heavy (non-hydrogen) atoms. The first kappa shape index (κ1) is 20.0. The highest BCUT2D eigenvalue weighted by Crippen LogP contribution is 2.31. The molecule has 4 heterocycles. The zero-order chi connectivity index (χ0) is 21.2. The number of hydrogen-bond acceptors (Lipinski definition) is 7. The van der Waals surface area contributed by atoms with Crippen molar-refractivity contribution in [2.75, 3.05) is 31.1 Å². The van der Waals surface area contributed by atoms with E-state index in [1.54, 1.807) is 26.9 Å². The molecule has 1 aliphatic rings. The molecular formula is C21H19BrN6O2S. The molecule has 0 spiro atoms. The second kappa shape index (κ2) is 8.64. The van der Waals surface area contributed by atoms with Gasteiger partial charge in [0.2, 0.25) is 0 Å². The lowest BCUT2D eigenvalue weighted by molar-refractivity contribution is 0.0942. The number of ether oxygens (including phenoxy) is 1. The Morgan fingerprint density at radius 2 is 1.87 bits per heavy atom. The summed E-state index contributed by atoms with van der Waals surface area (Å²) in [5.41, 5.74) is 2.68. The van der Waals surface area contributed by atoms with Crippen LogP contribution in [-0.4, -0.2) is 56.8 Å². The largest absolute Gasteiger partial charge is 0.445 e. The average Bonchev–Trinajstić information content (AvgIpc) is 3.45. The van der Waals surface area contributed by atoms with Crippen LogP contribution in [0.3, 0.4) is 0 Å². The molecule has 0 bridgehead atoms. The second-order valence-electron chi connectivity index (χ2n) is 7.12. The molecule has 0 saturated carbocycles. The van der Waals surface area contributed by atoms with Crippen molar-refractivity contribution in [1.29, 1.82) is 0 Å². The Hall–Kier alpha value is -2.98. The maximum atomic E-state index is 12.4. The predicted octanol–water partition coefficient (Wildman–Crippen LogP) is 4.07. The Morgan fingerprint density at radius 3 is 2.68 bits per heavy atom. The number of thiazole rings is 1. The predicted molar refractivity (Wildman–Crippen MR) is 122 cm³/mol. The first-order chi connectivity index (χ1) is 15.2. The van der Waals surface area contributed by atoms with Gasteiger partial charge in [-0.05, 0) is 21.5 Å². The number of aromatic nitrogens is 4. The summed E-state index contributed by atoms with van der Waals surface area (Å²) in [5.74, 6) is 0. The van der Waals surface area contributed by atoms with E-state index in [1.165, 1.54) is 0 Å². The van der Waals surface area contributed by atoms with Crippen molar-refractivity contribution >= 4 is 44.0 Å². The molecule has 3 aromatic heterocycles. The molecule has 0 atom stereocenters. The van der Waals surface area contributed by atoms with Crippen LogP contribution < -0.4 is 4.90 Å². The highest BCUT2D eigenvalue weighted by atomic mass is 79.9. The van der Waals surface area contributed by atoms with Crippen LogP contribution in [0.2, 0.25) is 0 Å². The Morgan fingerprint density at radius 1 is 1.06 bits per heavy atom. The number of fused-ring (bicyclic) bond motifs is 1. The topological polar surface area (TPSA) is 75.9 Å². The monoisotopic (exact) mass is 498 g/mol. The van der Waals surface area contributed by atoms with Crippen LogP contribution in [0.25, 0.3) is 16.2 Å². The Labute approximate surface area is 191 Å². The van der Waals surface area contributed by atoms with Gasteiger partial charge in [-0.25, -0.2) is 19.3 Å². The molecule has 5 rings (SSSR count). The Balaban J connectivity index is 1.19. The van der Waals surface area contributed by atoms with Crippen molar-refractivity contribution in [2.24, 2.45) is 0 Å². The molecule has 0 N–H and O–H groups in total. The van der Waals surface area contributed by atoms with E-state index in [-0.39, 0.29) is 6.09 Å². The molecule has 1 aromatic carbocycles. The number of benzene rings is 1. The second-order valence-corrected chi connectivity index (χ2v) is 8.98. The summed E-state index contributed by atoms with van der Waals surface area (Å²) in [7, 11) is 0. The van der Waals surface area contributed by atoms with Crippen LogP contribution in [0, 0.1) is 0 Å². The van der Waals surface area contributed by atoms with Crippen LogP contribution >= 0.6 is 27.3 Å². The zero-order valence-corrected chi connectivity index (χ0v) is 18.9. The van der Waals surface area contributed by atoms with Crippen LogP contribution in [0.4, 0.5) is 9.80 Å². The number of amides is 1. The Kier molecular flexibility index (Phi) is 5.56. The van der Waals surface area contributed by atoms with E-state index < -0.39 is 0 Å². The summed E-state index contributed by atoms with van der Waals surface area (Å²) in [5, 5.41) is 6.25. The number of halogens is 1. The lowest BCUT2D eigenvalue weighted by atomic mass is 10.2. The van der Waals surface area contributed by atoms with Gasteiger partial charge in [0.25, 0.3) is 0 Å². The van der Waals surface area contributed by atoms with Crippen molar-refractivity contribution in [2.45, 2.75) is 6.61 Å². The van der Waals surface area contributed by atoms with Crippen molar-refractivity contribution < 1.29 is 9.53 Å². The van der Waals surface area contributed by atoms with Gasteiger partial charge < -0.3 is 14.5 Å². The van der Waals surface area contributed by atoms with Gasteiger partial charge >= 0.3 is 6.09 Å². The third kappa shape index (κ3) is 4.26. The lowest BCUT2D eigenvalue weighted by Gasteiger charge is -2.34. The number of nitrogens with zero attached hydrogens (tertiary/aromatic N) is 6. The molecule has 0 radical (unpaired) electrons. The normalized spacial score (nSPS) is 14.2. The van der Waals surface area contributed by atoms with E-state index in [0.29, 0.717) is 19.7 Å². The minimum atomic E-state index is -0.266. The fourth-order valence-corrected chi connectivity index (χ4v) is 4.74. The van der Waals surface area contributed by atoms with Gasteiger partial charge in [-0.1, -0.05) is 41.7 Å². The number of hydrogen-bond donors (Lipinski definition) is 0. The van der Waals surface area contributed by atoms with Crippen LogP contribution in [-0.2, 0) is 11.3 Å². The maximum absolute atomic E-state index is 12.4. The van der Waals surface area contributed by atoms with Crippen molar-refractivity contribution in [1.82, 2.24) is 24.5 Å². The van der Waals surface area contributed by atoms with Gasteiger partial charge in [0.05, 0.1) is 16.9 Å². The molecule has 10 heteroatoms.